The summed E-state index contributed by atoms with van der Waals surface area (Å²) in [6.45, 7) is -0.720. The molecule has 0 aliphatic rings. The zero-order valence-corrected chi connectivity index (χ0v) is 7.46. The number of carbonyl (C=O) groups excluding carboxylic acids is 1. The van der Waals surface area contributed by atoms with Crippen LogP contribution >= 0.6 is 0 Å². The molecule has 0 aliphatic carbocycles. The highest BCUT2D eigenvalue weighted by Gasteiger charge is 2.11. The summed E-state index contributed by atoms with van der Waals surface area (Å²) < 4.78 is 11.7. The van der Waals surface area contributed by atoms with Gasteiger partial charge in [0, 0.05) is 6.54 Å². The van der Waals surface area contributed by atoms with Crippen LogP contribution in [0.15, 0.2) is 18.2 Å². The second kappa shape index (κ2) is 4.45. The third kappa shape index (κ3) is 2.12. The lowest BCUT2D eigenvalue weighted by Crippen LogP contribution is -2.25. The Bertz CT molecular complexity index is 342. The Hall–Kier alpha value is -1.78. The summed E-state index contributed by atoms with van der Waals surface area (Å²) in [6, 6.07) is 4.43. The third-order valence-electron chi connectivity index (χ3n) is 1.69. The lowest BCUT2D eigenvalue weighted by atomic mass is 10.1. The second-order valence-electron chi connectivity index (χ2n) is 2.69. The Morgan fingerprint density at radius 1 is 1.57 bits per heavy atom. The first kappa shape index (κ1) is 10.3. The van der Waals surface area contributed by atoms with Gasteiger partial charge in [0.25, 0.3) is 5.91 Å². The highest BCUT2D eigenvalue weighted by Crippen LogP contribution is 2.23. The molecule has 1 aromatic carbocycles. The molecule has 5 heteroatoms. The molecule has 14 heavy (non-hydrogen) atoms. The van der Waals surface area contributed by atoms with Crippen molar-refractivity contribution >= 4 is 11.6 Å². The number of benzene rings is 1. The summed E-state index contributed by atoms with van der Waals surface area (Å²) in [6.07, 6.45) is 0. The number of phenols is 1. The molecule has 0 aromatic heterocycles. The van der Waals surface area contributed by atoms with E-state index in [0.717, 1.165) is 0 Å². The summed E-state index contributed by atoms with van der Waals surface area (Å²) in [4.78, 5) is 11.3. The number of anilines is 1. The van der Waals surface area contributed by atoms with Gasteiger partial charge >= 0.3 is 0 Å². The molecule has 0 saturated carbocycles. The number of carbonyl (C=O) groups is 1. The fraction of sp³-hybridized carbons (Fsp3) is 0.222. The normalized spacial score (nSPS) is 9.79. The molecule has 76 valence electrons. The predicted octanol–water partition coefficient (Wildman–Crippen LogP) is 0.674. The number of alkyl halides is 1. The summed E-state index contributed by atoms with van der Waals surface area (Å²) in [5.41, 5.74) is 5.56. The van der Waals surface area contributed by atoms with E-state index in [1.807, 2.05) is 0 Å². The molecule has 0 unspecified atom stereocenters. The molecule has 0 aliphatic heterocycles. The summed E-state index contributed by atoms with van der Waals surface area (Å²) >= 11 is 0. The van der Waals surface area contributed by atoms with Crippen molar-refractivity contribution in [2.24, 2.45) is 0 Å². The maximum Gasteiger partial charge on any atom is 0.255 e. The lowest BCUT2D eigenvalue weighted by molar-refractivity contribution is 0.0948. The molecule has 0 fully saturated rings. The first-order valence-corrected chi connectivity index (χ1v) is 4.08. The molecule has 4 N–H and O–H groups in total. The SMILES string of the molecule is Nc1cccc(C(=O)NCCF)c1O. The number of hydrogen-bond acceptors (Lipinski definition) is 3. The number of aromatic hydroxyl groups is 1. The molecule has 1 amide bonds. The van der Waals surface area contributed by atoms with Crippen molar-refractivity contribution in [3.05, 3.63) is 23.8 Å². The Balaban J connectivity index is 2.84. The molecular weight excluding hydrogens is 187 g/mol. The average molecular weight is 198 g/mol. The molecule has 0 saturated heterocycles. The molecule has 0 radical (unpaired) electrons. The second-order valence-corrected chi connectivity index (χ2v) is 2.69. The van der Waals surface area contributed by atoms with Gasteiger partial charge in [-0.25, -0.2) is 4.39 Å². The van der Waals surface area contributed by atoms with E-state index in [9.17, 15) is 14.3 Å². The van der Waals surface area contributed by atoms with Gasteiger partial charge in [-0.15, -0.1) is 0 Å². The van der Waals surface area contributed by atoms with Gasteiger partial charge in [-0.1, -0.05) is 6.07 Å². The monoisotopic (exact) mass is 198 g/mol. The highest BCUT2D eigenvalue weighted by molar-refractivity contribution is 5.98. The zero-order chi connectivity index (χ0) is 10.6. The van der Waals surface area contributed by atoms with Gasteiger partial charge in [-0.3, -0.25) is 4.79 Å². The predicted molar refractivity (Wildman–Crippen MR) is 50.8 cm³/mol. The van der Waals surface area contributed by atoms with Crippen molar-refractivity contribution in [3.63, 3.8) is 0 Å². The van der Waals surface area contributed by atoms with Crippen LogP contribution in [-0.4, -0.2) is 24.2 Å². The number of amides is 1. The minimum Gasteiger partial charge on any atom is -0.505 e. The Morgan fingerprint density at radius 3 is 2.93 bits per heavy atom. The van der Waals surface area contributed by atoms with Crippen LogP contribution in [0.4, 0.5) is 10.1 Å². The highest BCUT2D eigenvalue weighted by atomic mass is 19.1. The van der Waals surface area contributed by atoms with E-state index in [-0.39, 0.29) is 23.5 Å². The molecular formula is C9H11FN2O2. The van der Waals surface area contributed by atoms with Crippen molar-refractivity contribution in [1.82, 2.24) is 5.32 Å². The van der Waals surface area contributed by atoms with Gasteiger partial charge in [0.1, 0.15) is 6.67 Å². The minimum absolute atomic E-state index is 0.0541. The smallest absolute Gasteiger partial charge is 0.255 e. The molecule has 0 heterocycles. The van der Waals surface area contributed by atoms with Gasteiger partial charge in [0.2, 0.25) is 0 Å². The van der Waals surface area contributed by atoms with Crippen LogP contribution in [0, 0.1) is 0 Å². The van der Waals surface area contributed by atoms with Gasteiger partial charge in [0.05, 0.1) is 11.3 Å². The van der Waals surface area contributed by atoms with Gasteiger partial charge in [0.15, 0.2) is 5.75 Å². The van der Waals surface area contributed by atoms with E-state index in [0.29, 0.717) is 0 Å². The number of phenolic OH excluding ortho intramolecular Hbond substituents is 1. The number of halogens is 1. The van der Waals surface area contributed by atoms with Crippen LogP contribution in [0.2, 0.25) is 0 Å². The topological polar surface area (TPSA) is 75.4 Å². The Labute approximate surface area is 80.5 Å². The summed E-state index contributed by atoms with van der Waals surface area (Å²) in [7, 11) is 0. The van der Waals surface area contributed by atoms with Crippen molar-refractivity contribution in [2.75, 3.05) is 19.0 Å². The Kier molecular flexibility index (Phi) is 3.28. The van der Waals surface area contributed by atoms with E-state index in [1.165, 1.54) is 12.1 Å². The fourth-order valence-corrected chi connectivity index (χ4v) is 1.00. The lowest BCUT2D eigenvalue weighted by Gasteiger charge is -2.06. The summed E-state index contributed by atoms with van der Waals surface area (Å²) in [5, 5.41) is 11.7. The molecule has 0 bridgehead atoms. The van der Waals surface area contributed by atoms with E-state index < -0.39 is 12.6 Å². The standard InChI is InChI=1S/C9H11FN2O2/c10-4-5-12-9(14)6-2-1-3-7(11)8(6)13/h1-3,13H,4-5,11H2,(H,12,14). The minimum atomic E-state index is -0.644. The van der Waals surface area contributed by atoms with Crippen LogP contribution in [-0.2, 0) is 0 Å². The van der Waals surface area contributed by atoms with E-state index in [2.05, 4.69) is 5.32 Å². The fourth-order valence-electron chi connectivity index (χ4n) is 1.00. The number of para-hydroxylation sites is 1. The number of nitrogens with two attached hydrogens (primary N) is 1. The first-order valence-electron chi connectivity index (χ1n) is 4.08. The van der Waals surface area contributed by atoms with E-state index in [1.54, 1.807) is 6.07 Å². The van der Waals surface area contributed by atoms with E-state index in [4.69, 9.17) is 5.73 Å². The molecule has 0 spiro atoms. The average Bonchev–Trinajstić information content (AvgIpc) is 2.18. The van der Waals surface area contributed by atoms with Crippen molar-refractivity contribution in [1.29, 1.82) is 0 Å². The first-order chi connectivity index (χ1) is 6.66. The molecule has 4 nitrogen and oxygen atoms in total. The van der Waals surface area contributed by atoms with Gasteiger partial charge < -0.3 is 16.2 Å². The van der Waals surface area contributed by atoms with E-state index >= 15 is 0 Å². The largest absolute Gasteiger partial charge is 0.505 e. The summed E-state index contributed by atoms with van der Waals surface area (Å²) in [5.74, 6) is -0.809. The number of nitrogen functional groups attached to an aromatic ring is 1. The maximum absolute atomic E-state index is 11.7. The Morgan fingerprint density at radius 2 is 2.29 bits per heavy atom. The molecule has 1 aromatic rings. The quantitative estimate of drug-likeness (QED) is 0.493. The number of rotatable bonds is 3. The zero-order valence-electron chi connectivity index (χ0n) is 7.46. The van der Waals surface area contributed by atoms with Crippen LogP contribution in [0.3, 0.4) is 0 Å². The van der Waals surface area contributed by atoms with Gasteiger partial charge in [-0.2, -0.15) is 0 Å². The molecule has 1 rings (SSSR count). The van der Waals surface area contributed by atoms with Gasteiger partial charge in [-0.05, 0) is 12.1 Å². The maximum atomic E-state index is 11.7. The third-order valence-corrected chi connectivity index (χ3v) is 1.69. The van der Waals surface area contributed by atoms with Crippen LogP contribution in [0.1, 0.15) is 10.4 Å². The number of nitrogens with one attached hydrogen (secondary N) is 1. The van der Waals surface area contributed by atoms with Crippen LogP contribution in [0.25, 0.3) is 0 Å². The van der Waals surface area contributed by atoms with Crippen molar-refractivity contribution in [2.45, 2.75) is 0 Å². The van der Waals surface area contributed by atoms with Crippen LogP contribution in [0.5, 0.6) is 5.75 Å². The number of hydrogen-bond donors (Lipinski definition) is 3. The van der Waals surface area contributed by atoms with Crippen molar-refractivity contribution in [3.8, 4) is 5.75 Å². The molecule has 0 atom stereocenters. The van der Waals surface area contributed by atoms with Crippen molar-refractivity contribution < 1.29 is 14.3 Å². The van der Waals surface area contributed by atoms with Crippen LogP contribution < -0.4 is 11.1 Å².